The van der Waals surface area contributed by atoms with Crippen molar-refractivity contribution in [3.05, 3.63) is 33.5 Å². The fourth-order valence-corrected chi connectivity index (χ4v) is 3.13. The number of hydrogen-bond donors (Lipinski definition) is 0. The summed E-state index contributed by atoms with van der Waals surface area (Å²) in [5, 5.41) is 0. The highest BCUT2D eigenvalue weighted by Gasteiger charge is 2.25. The summed E-state index contributed by atoms with van der Waals surface area (Å²) in [6.07, 6.45) is 3.09. The van der Waals surface area contributed by atoms with Crippen molar-refractivity contribution in [2.45, 2.75) is 39.2 Å². The minimum atomic E-state index is -0.276. The second kappa shape index (κ2) is 4.42. The van der Waals surface area contributed by atoms with Crippen LogP contribution in [-0.4, -0.2) is 5.97 Å². The highest BCUT2D eigenvalue weighted by atomic mass is 32.1. The van der Waals surface area contributed by atoms with E-state index in [4.69, 9.17) is 4.74 Å². The van der Waals surface area contributed by atoms with E-state index in [1.54, 1.807) is 6.92 Å². The normalized spacial score (nSPS) is 19.0. The second-order valence-corrected chi connectivity index (χ2v) is 5.64. The third kappa shape index (κ3) is 2.19. The fraction of sp³-hybridized carbons (Fsp3) is 0.462. The number of fused-ring (bicyclic) bond motifs is 1. The van der Waals surface area contributed by atoms with Gasteiger partial charge in [0.15, 0.2) is 0 Å². The highest BCUT2D eigenvalue weighted by molar-refractivity contribution is 7.12. The van der Waals surface area contributed by atoms with Crippen molar-refractivity contribution < 1.29 is 9.53 Å². The maximum absolute atomic E-state index is 11.5. The van der Waals surface area contributed by atoms with Crippen molar-refractivity contribution in [3.8, 4) is 0 Å². The van der Waals surface area contributed by atoms with Crippen molar-refractivity contribution in [3.63, 3.8) is 0 Å². The van der Waals surface area contributed by atoms with E-state index in [2.05, 4.69) is 19.6 Å². The number of carbonyl (C=O) groups excluding carboxylic acids is 1. The summed E-state index contributed by atoms with van der Waals surface area (Å²) in [6.45, 7) is 7.39. The summed E-state index contributed by atoms with van der Waals surface area (Å²) in [5.74, 6) is -0.276. The van der Waals surface area contributed by atoms with E-state index in [-0.39, 0.29) is 12.1 Å². The van der Waals surface area contributed by atoms with Gasteiger partial charge >= 0.3 is 5.97 Å². The lowest BCUT2D eigenvalue weighted by atomic mass is 9.96. The van der Waals surface area contributed by atoms with E-state index in [0.717, 1.165) is 19.3 Å². The third-order valence-electron chi connectivity index (χ3n) is 2.78. The Labute approximate surface area is 99.9 Å². The molecule has 1 heterocycles. The van der Waals surface area contributed by atoms with Crippen molar-refractivity contribution in [1.29, 1.82) is 0 Å². The van der Waals surface area contributed by atoms with Crippen LogP contribution in [0.3, 0.4) is 0 Å². The summed E-state index contributed by atoms with van der Waals surface area (Å²) in [5.41, 5.74) is 1.68. The molecule has 0 amide bonds. The molecule has 2 rings (SSSR count). The smallest absolute Gasteiger partial charge is 0.333 e. The van der Waals surface area contributed by atoms with Crippen LogP contribution < -0.4 is 0 Å². The van der Waals surface area contributed by atoms with Gasteiger partial charge in [0.1, 0.15) is 6.10 Å². The molecule has 1 aromatic heterocycles. The van der Waals surface area contributed by atoms with Gasteiger partial charge in [-0.1, -0.05) is 6.58 Å². The van der Waals surface area contributed by atoms with Gasteiger partial charge in [0.25, 0.3) is 0 Å². The fourth-order valence-electron chi connectivity index (χ4n) is 2.01. The number of aryl methyl sites for hydroxylation is 2. The van der Waals surface area contributed by atoms with Crippen molar-refractivity contribution in [2.75, 3.05) is 0 Å². The molecule has 1 aromatic rings. The van der Waals surface area contributed by atoms with E-state index >= 15 is 0 Å². The Kier molecular flexibility index (Phi) is 3.15. The van der Waals surface area contributed by atoms with Gasteiger partial charge in [0.2, 0.25) is 0 Å². The largest absolute Gasteiger partial charge is 0.454 e. The molecule has 0 saturated carbocycles. The van der Waals surface area contributed by atoms with Crippen LogP contribution in [0.25, 0.3) is 0 Å². The first kappa shape index (κ1) is 11.4. The maximum atomic E-state index is 11.5. The van der Waals surface area contributed by atoms with Crippen LogP contribution in [0.2, 0.25) is 0 Å². The Balaban J connectivity index is 2.18. The number of esters is 1. The van der Waals surface area contributed by atoms with E-state index in [0.29, 0.717) is 5.57 Å². The molecule has 16 heavy (non-hydrogen) atoms. The Morgan fingerprint density at radius 1 is 1.62 bits per heavy atom. The molecule has 86 valence electrons. The Morgan fingerprint density at radius 3 is 3.06 bits per heavy atom. The zero-order chi connectivity index (χ0) is 11.7. The number of ether oxygens (including phenoxy) is 1. The molecule has 1 aliphatic rings. The lowest BCUT2D eigenvalue weighted by molar-refractivity contribution is -0.145. The van der Waals surface area contributed by atoms with Crippen LogP contribution in [0.1, 0.15) is 41.2 Å². The van der Waals surface area contributed by atoms with E-state index < -0.39 is 0 Å². The van der Waals surface area contributed by atoms with Gasteiger partial charge in [0.05, 0.1) is 0 Å². The van der Waals surface area contributed by atoms with Crippen LogP contribution >= 0.6 is 11.3 Å². The predicted molar refractivity (Wildman–Crippen MR) is 65.6 cm³/mol. The lowest BCUT2D eigenvalue weighted by Crippen LogP contribution is -2.15. The van der Waals surface area contributed by atoms with E-state index in [1.165, 1.54) is 15.3 Å². The van der Waals surface area contributed by atoms with Gasteiger partial charge in [-0.2, -0.15) is 0 Å². The molecule has 0 aliphatic heterocycles. The van der Waals surface area contributed by atoms with Gasteiger partial charge in [-0.05, 0) is 39.2 Å². The average molecular weight is 236 g/mol. The van der Waals surface area contributed by atoms with Crippen LogP contribution in [0.5, 0.6) is 0 Å². The molecule has 1 aliphatic carbocycles. The summed E-state index contributed by atoms with van der Waals surface area (Å²) < 4.78 is 5.46. The third-order valence-corrected chi connectivity index (χ3v) is 3.91. The molecule has 0 saturated heterocycles. The van der Waals surface area contributed by atoms with Crippen molar-refractivity contribution in [2.24, 2.45) is 0 Å². The van der Waals surface area contributed by atoms with Gasteiger partial charge in [0, 0.05) is 20.9 Å². The molecule has 1 atom stereocenters. The first-order valence-corrected chi connectivity index (χ1v) is 6.35. The van der Waals surface area contributed by atoms with E-state index in [9.17, 15) is 4.79 Å². The van der Waals surface area contributed by atoms with E-state index in [1.807, 2.05) is 11.3 Å². The number of thiophene rings is 1. The van der Waals surface area contributed by atoms with Gasteiger partial charge in [-0.15, -0.1) is 11.3 Å². The second-order valence-electron chi connectivity index (χ2n) is 4.30. The molecular formula is C13H16O2S. The molecule has 0 aromatic carbocycles. The quantitative estimate of drug-likeness (QED) is 0.580. The summed E-state index contributed by atoms with van der Waals surface area (Å²) in [6, 6.07) is 2.15. The SMILES string of the molecule is C=C(C)C(=O)OC1CCCc2sc(C)cc21. The van der Waals surface area contributed by atoms with Crippen LogP contribution in [0.4, 0.5) is 0 Å². The first-order valence-electron chi connectivity index (χ1n) is 5.53. The molecule has 3 heteroatoms. The Morgan fingerprint density at radius 2 is 2.38 bits per heavy atom. The number of rotatable bonds is 2. The Hall–Kier alpha value is -1.09. The Bertz CT molecular complexity index is 431. The number of hydrogen-bond acceptors (Lipinski definition) is 3. The minimum absolute atomic E-state index is 0.0575. The molecule has 0 spiro atoms. The van der Waals surface area contributed by atoms with Crippen molar-refractivity contribution >= 4 is 17.3 Å². The van der Waals surface area contributed by atoms with Gasteiger partial charge in [-0.25, -0.2) is 4.79 Å². The molecular weight excluding hydrogens is 220 g/mol. The minimum Gasteiger partial charge on any atom is -0.454 e. The van der Waals surface area contributed by atoms with Crippen LogP contribution in [0.15, 0.2) is 18.2 Å². The molecule has 0 bridgehead atoms. The average Bonchev–Trinajstić information content (AvgIpc) is 2.59. The monoisotopic (exact) mass is 236 g/mol. The molecule has 0 radical (unpaired) electrons. The summed E-state index contributed by atoms with van der Waals surface area (Å²) in [7, 11) is 0. The molecule has 1 unspecified atom stereocenters. The standard InChI is InChI=1S/C13H16O2S/c1-8(2)13(14)15-11-5-4-6-12-10(11)7-9(3)16-12/h7,11H,1,4-6H2,2-3H3. The predicted octanol–water partition coefficient (Wildman–Crippen LogP) is 3.55. The zero-order valence-corrected chi connectivity index (χ0v) is 10.5. The molecule has 2 nitrogen and oxygen atoms in total. The van der Waals surface area contributed by atoms with Crippen LogP contribution in [0, 0.1) is 6.92 Å². The van der Waals surface area contributed by atoms with Crippen molar-refractivity contribution in [1.82, 2.24) is 0 Å². The first-order chi connectivity index (χ1) is 7.58. The molecule has 0 N–H and O–H groups in total. The van der Waals surface area contributed by atoms with Gasteiger partial charge < -0.3 is 4.74 Å². The lowest BCUT2D eigenvalue weighted by Gasteiger charge is -2.22. The van der Waals surface area contributed by atoms with Gasteiger partial charge in [-0.3, -0.25) is 0 Å². The topological polar surface area (TPSA) is 26.3 Å². The summed E-state index contributed by atoms with van der Waals surface area (Å²) >= 11 is 1.82. The molecule has 0 fully saturated rings. The van der Waals surface area contributed by atoms with Crippen LogP contribution in [-0.2, 0) is 16.0 Å². The maximum Gasteiger partial charge on any atom is 0.333 e. The number of carbonyl (C=O) groups is 1. The summed E-state index contributed by atoms with van der Waals surface area (Å²) in [4.78, 5) is 14.2. The zero-order valence-electron chi connectivity index (χ0n) is 9.71. The highest BCUT2D eigenvalue weighted by Crippen LogP contribution is 2.37.